The lowest BCUT2D eigenvalue weighted by atomic mass is 10.2. The Hall–Kier alpha value is -2.09. The minimum Gasteiger partial charge on any atom is -0.436 e. The van der Waals surface area contributed by atoms with Crippen LogP contribution in [0.2, 0.25) is 0 Å². The van der Waals surface area contributed by atoms with Gasteiger partial charge in [-0.25, -0.2) is 9.37 Å². The maximum absolute atomic E-state index is 13.9. The molecule has 1 aromatic heterocycles. The predicted octanol–water partition coefficient (Wildman–Crippen LogP) is 3.95. The molecule has 0 fully saturated rings. The van der Waals surface area contributed by atoms with E-state index in [9.17, 15) is 14.5 Å². The molecule has 0 amide bonds. The highest BCUT2D eigenvalue weighted by Gasteiger charge is 2.17. The quantitative estimate of drug-likeness (QED) is 0.471. The lowest BCUT2D eigenvalue weighted by Gasteiger charge is -2.08. The van der Waals surface area contributed by atoms with Gasteiger partial charge in [0.25, 0.3) is 5.69 Å². The second kappa shape index (κ2) is 6.13. The average Bonchev–Trinajstić information content (AvgIpc) is 2.41. The molecule has 0 aliphatic rings. The van der Waals surface area contributed by atoms with Gasteiger partial charge < -0.3 is 4.74 Å². The van der Waals surface area contributed by atoms with Crippen molar-refractivity contribution >= 4 is 21.6 Å². The van der Waals surface area contributed by atoms with Crippen LogP contribution in [0.5, 0.6) is 11.6 Å². The van der Waals surface area contributed by atoms with Crippen molar-refractivity contribution in [3.8, 4) is 11.6 Å². The number of ether oxygens (including phenoxy) is 1. The molecular weight excluding hydrogens is 345 g/mol. The van der Waals surface area contributed by atoms with Crippen molar-refractivity contribution < 1.29 is 14.1 Å². The Morgan fingerprint density at radius 1 is 1.38 bits per heavy atom. The van der Waals surface area contributed by atoms with Gasteiger partial charge in [-0.05, 0) is 28.9 Å². The first-order chi connectivity index (χ1) is 9.90. The second-order valence-electron chi connectivity index (χ2n) is 4.23. The Labute approximate surface area is 128 Å². The summed E-state index contributed by atoms with van der Waals surface area (Å²) in [4.78, 5) is 18.3. The van der Waals surface area contributed by atoms with Gasteiger partial charge in [-0.15, -0.1) is 0 Å². The SMILES string of the molecule is CCc1nc(Br)cc(Oc2cc(C)c([N+](=O)[O-])cc2F)n1. The summed E-state index contributed by atoms with van der Waals surface area (Å²) in [5.74, 6) is -0.231. The summed E-state index contributed by atoms with van der Waals surface area (Å²) in [5, 5.41) is 10.7. The molecule has 0 radical (unpaired) electrons. The average molecular weight is 356 g/mol. The first-order valence-corrected chi connectivity index (χ1v) is 6.86. The number of aromatic nitrogens is 2. The lowest BCUT2D eigenvalue weighted by molar-refractivity contribution is -0.385. The summed E-state index contributed by atoms with van der Waals surface area (Å²) < 4.78 is 19.8. The summed E-state index contributed by atoms with van der Waals surface area (Å²) in [6.07, 6.45) is 0.595. The van der Waals surface area contributed by atoms with Crippen molar-refractivity contribution in [3.63, 3.8) is 0 Å². The van der Waals surface area contributed by atoms with E-state index in [0.29, 0.717) is 22.4 Å². The maximum atomic E-state index is 13.9. The monoisotopic (exact) mass is 355 g/mol. The number of nitro benzene ring substituents is 1. The molecule has 0 bridgehead atoms. The van der Waals surface area contributed by atoms with Gasteiger partial charge in [-0.1, -0.05) is 6.92 Å². The third kappa shape index (κ3) is 3.52. The zero-order valence-electron chi connectivity index (χ0n) is 11.3. The molecule has 1 heterocycles. The highest BCUT2D eigenvalue weighted by molar-refractivity contribution is 9.10. The van der Waals surface area contributed by atoms with Crippen molar-refractivity contribution in [2.75, 3.05) is 0 Å². The zero-order valence-corrected chi connectivity index (χ0v) is 12.8. The summed E-state index contributed by atoms with van der Waals surface area (Å²) in [5.41, 5.74) is 0.0122. The Morgan fingerprint density at radius 3 is 2.71 bits per heavy atom. The number of aryl methyl sites for hydroxylation is 2. The molecule has 8 heteroatoms. The largest absolute Gasteiger partial charge is 0.436 e. The molecule has 21 heavy (non-hydrogen) atoms. The van der Waals surface area contributed by atoms with E-state index < -0.39 is 10.7 Å². The van der Waals surface area contributed by atoms with E-state index in [-0.39, 0.29) is 17.3 Å². The lowest BCUT2D eigenvalue weighted by Crippen LogP contribution is -1.99. The van der Waals surface area contributed by atoms with Gasteiger partial charge in [0.05, 0.1) is 11.0 Å². The molecule has 0 atom stereocenters. The molecule has 0 aliphatic heterocycles. The molecule has 1 aromatic carbocycles. The predicted molar refractivity (Wildman–Crippen MR) is 77.0 cm³/mol. The van der Waals surface area contributed by atoms with Crippen molar-refractivity contribution in [2.45, 2.75) is 20.3 Å². The van der Waals surface area contributed by atoms with Gasteiger partial charge >= 0.3 is 0 Å². The molecule has 0 saturated heterocycles. The number of nitrogens with zero attached hydrogens (tertiary/aromatic N) is 3. The minimum atomic E-state index is -0.819. The van der Waals surface area contributed by atoms with Gasteiger partial charge in [0.15, 0.2) is 11.6 Å². The fourth-order valence-electron chi connectivity index (χ4n) is 1.68. The van der Waals surface area contributed by atoms with Crippen molar-refractivity contribution in [2.24, 2.45) is 0 Å². The van der Waals surface area contributed by atoms with Crippen molar-refractivity contribution in [1.29, 1.82) is 0 Å². The second-order valence-corrected chi connectivity index (χ2v) is 5.04. The van der Waals surface area contributed by atoms with Gasteiger partial charge in [0.1, 0.15) is 10.4 Å². The number of nitro groups is 1. The highest BCUT2D eigenvalue weighted by atomic mass is 79.9. The number of benzene rings is 1. The molecule has 6 nitrogen and oxygen atoms in total. The summed E-state index contributed by atoms with van der Waals surface area (Å²) in [6.45, 7) is 3.39. The summed E-state index contributed by atoms with van der Waals surface area (Å²) in [7, 11) is 0. The van der Waals surface area contributed by atoms with Crippen LogP contribution in [0.15, 0.2) is 22.8 Å². The van der Waals surface area contributed by atoms with E-state index in [1.807, 2.05) is 6.92 Å². The van der Waals surface area contributed by atoms with Crippen LogP contribution in [-0.4, -0.2) is 14.9 Å². The molecule has 0 saturated carbocycles. The van der Waals surface area contributed by atoms with Gasteiger partial charge in [0, 0.05) is 18.1 Å². The van der Waals surface area contributed by atoms with E-state index in [0.717, 1.165) is 6.07 Å². The Balaban J connectivity index is 2.38. The molecule has 2 aromatic rings. The van der Waals surface area contributed by atoms with Crippen LogP contribution in [0.25, 0.3) is 0 Å². The van der Waals surface area contributed by atoms with E-state index in [2.05, 4.69) is 25.9 Å². The van der Waals surface area contributed by atoms with Crippen LogP contribution in [0.4, 0.5) is 10.1 Å². The Bertz CT molecular complexity index is 709. The fourth-order valence-corrected chi connectivity index (χ4v) is 2.08. The molecule has 0 spiro atoms. The van der Waals surface area contributed by atoms with Gasteiger partial charge in [-0.3, -0.25) is 10.1 Å². The third-order valence-electron chi connectivity index (χ3n) is 2.70. The van der Waals surface area contributed by atoms with Gasteiger partial charge in [-0.2, -0.15) is 4.98 Å². The summed E-state index contributed by atoms with van der Waals surface area (Å²) >= 11 is 3.22. The molecule has 0 N–H and O–H groups in total. The Morgan fingerprint density at radius 2 is 2.10 bits per heavy atom. The number of hydrogen-bond acceptors (Lipinski definition) is 5. The highest BCUT2D eigenvalue weighted by Crippen LogP contribution is 2.30. The van der Waals surface area contributed by atoms with E-state index >= 15 is 0 Å². The van der Waals surface area contributed by atoms with Crippen LogP contribution in [-0.2, 0) is 6.42 Å². The molecule has 2 rings (SSSR count). The molecular formula is C13H11BrFN3O3. The Kier molecular flexibility index (Phi) is 4.46. The van der Waals surface area contributed by atoms with Crippen LogP contribution in [0, 0.1) is 22.9 Å². The van der Waals surface area contributed by atoms with Crippen LogP contribution in [0.1, 0.15) is 18.3 Å². The smallest absolute Gasteiger partial charge is 0.275 e. The van der Waals surface area contributed by atoms with Crippen LogP contribution >= 0.6 is 15.9 Å². The van der Waals surface area contributed by atoms with Gasteiger partial charge in [0.2, 0.25) is 5.88 Å². The van der Waals surface area contributed by atoms with E-state index in [1.54, 1.807) is 0 Å². The zero-order chi connectivity index (χ0) is 15.6. The topological polar surface area (TPSA) is 78.2 Å². The van der Waals surface area contributed by atoms with Crippen LogP contribution in [0.3, 0.4) is 0 Å². The first-order valence-electron chi connectivity index (χ1n) is 6.06. The van der Waals surface area contributed by atoms with Crippen molar-refractivity contribution in [1.82, 2.24) is 9.97 Å². The van der Waals surface area contributed by atoms with Crippen LogP contribution < -0.4 is 4.74 Å². The first kappa shape index (κ1) is 15.3. The number of halogens is 2. The molecule has 0 unspecified atom stereocenters. The van der Waals surface area contributed by atoms with Crippen molar-refractivity contribution in [3.05, 3.63) is 50.1 Å². The normalized spacial score (nSPS) is 10.5. The fraction of sp³-hybridized carbons (Fsp3) is 0.231. The third-order valence-corrected chi connectivity index (χ3v) is 3.10. The minimum absolute atomic E-state index is 0.120. The number of rotatable bonds is 4. The number of hydrogen-bond donors (Lipinski definition) is 0. The molecule has 0 aliphatic carbocycles. The van der Waals surface area contributed by atoms with E-state index in [4.69, 9.17) is 4.74 Å². The van der Waals surface area contributed by atoms with E-state index in [1.165, 1.54) is 19.1 Å². The summed E-state index contributed by atoms with van der Waals surface area (Å²) in [6, 6.07) is 3.60. The standard InChI is InChI=1S/C13H11BrFN3O3/c1-3-12-16-11(14)6-13(17-12)21-10-4-7(2)9(18(19)20)5-8(10)15/h4-6H,3H2,1-2H3. The molecule has 110 valence electrons. The maximum Gasteiger partial charge on any atom is 0.275 e.